The number of aryl methyl sites for hydroxylation is 1. The summed E-state index contributed by atoms with van der Waals surface area (Å²) in [6.45, 7) is 1.84. The zero-order valence-corrected chi connectivity index (χ0v) is 11.4. The summed E-state index contributed by atoms with van der Waals surface area (Å²) in [6.07, 6.45) is 0. The van der Waals surface area contributed by atoms with Crippen LogP contribution in [0.25, 0.3) is 0 Å². The molecule has 2 rings (SSSR count). The lowest BCUT2D eigenvalue weighted by molar-refractivity contribution is 0.102. The fourth-order valence-corrected chi connectivity index (χ4v) is 2.27. The molecule has 1 amide bonds. The fraction of sp³-hybridized carbons (Fsp3) is 0.167. The second-order valence-electron chi connectivity index (χ2n) is 3.59. The third-order valence-electron chi connectivity index (χ3n) is 2.22. The number of anilines is 1. The molecule has 0 unspecified atom stereocenters. The van der Waals surface area contributed by atoms with Crippen LogP contribution in [0.15, 0.2) is 23.6 Å². The van der Waals surface area contributed by atoms with Crippen molar-refractivity contribution in [3.63, 3.8) is 0 Å². The van der Waals surface area contributed by atoms with Crippen LogP contribution in [-0.2, 0) is 0 Å². The number of thiazole rings is 1. The molecule has 0 fully saturated rings. The predicted molar refractivity (Wildman–Crippen MR) is 72.8 cm³/mol. The van der Waals surface area contributed by atoms with E-state index in [-0.39, 0.29) is 5.91 Å². The number of hydrogen-bond acceptors (Lipinski definition) is 4. The number of carbonyl (C=O) groups excluding carboxylic acids is 1. The Balaban J connectivity index is 2.23. The van der Waals surface area contributed by atoms with E-state index in [1.165, 1.54) is 18.4 Å². The molecule has 1 aromatic heterocycles. The second-order valence-corrected chi connectivity index (χ2v) is 4.89. The molecule has 94 valence electrons. The molecule has 18 heavy (non-hydrogen) atoms. The largest absolute Gasteiger partial charge is 0.495 e. The number of aromatic nitrogens is 1. The maximum absolute atomic E-state index is 11.9. The molecule has 0 spiro atoms. The highest BCUT2D eigenvalue weighted by molar-refractivity contribution is 7.11. The molecule has 1 N–H and O–H groups in total. The number of hydrogen-bond donors (Lipinski definition) is 1. The molecule has 0 aliphatic rings. The zero-order valence-electron chi connectivity index (χ0n) is 9.86. The Labute approximate surface area is 114 Å². The zero-order chi connectivity index (χ0) is 13.1. The van der Waals surface area contributed by atoms with Crippen molar-refractivity contribution >= 4 is 34.5 Å². The fourth-order valence-electron chi connectivity index (χ4n) is 1.41. The highest BCUT2D eigenvalue weighted by Crippen LogP contribution is 2.28. The first-order valence-corrected chi connectivity index (χ1v) is 6.43. The number of halogens is 1. The van der Waals surface area contributed by atoms with Crippen molar-refractivity contribution in [2.24, 2.45) is 0 Å². The molecule has 0 saturated carbocycles. The van der Waals surface area contributed by atoms with Gasteiger partial charge in [-0.2, -0.15) is 0 Å². The minimum absolute atomic E-state index is 0.270. The van der Waals surface area contributed by atoms with E-state index in [1.807, 2.05) is 12.3 Å². The Kier molecular flexibility index (Phi) is 3.84. The normalized spacial score (nSPS) is 10.2. The Morgan fingerprint density at radius 2 is 2.28 bits per heavy atom. The summed E-state index contributed by atoms with van der Waals surface area (Å²) in [4.78, 5) is 16.1. The SMILES string of the molecule is COc1ccc(Cl)cc1NC(=O)c1nc(C)cs1. The minimum atomic E-state index is -0.270. The van der Waals surface area contributed by atoms with Crippen LogP contribution >= 0.6 is 22.9 Å². The smallest absolute Gasteiger partial charge is 0.284 e. The van der Waals surface area contributed by atoms with Crippen LogP contribution in [0, 0.1) is 6.92 Å². The number of rotatable bonds is 3. The van der Waals surface area contributed by atoms with E-state index in [0.717, 1.165) is 5.69 Å². The monoisotopic (exact) mass is 282 g/mol. The molecule has 6 heteroatoms. The first kappa shape index (κ1) is 12.9. The Hall–Kier alpha value is -1.59. The second kappa shape index (κ2) is 5.37. The molecule has 0 bridgehead atoms. The van der Waals surface area contributed by atoms with E-state index in [1.54, 1.807) is 18.2 Å². The van der Waals surface area contributed by atoms with Gasteiger partial charge >= 0.3 is 0 Å². The number of nitrogens with zero attached hydrogens (tertiary/aromatic N) is 1. The number of amides is 1. The third kappa shape index (κ3) is 2.80. The van der Waals surface area contributed by atoms with Crippen LogP contribution < -0.4 is 10.1 Å². The van der Waals surface area contributed by atoms with Crippen LogP contribution in [-0.4, -0.2) is 18.0 Å². The van der Waals surface area contributed by atoms with Gasteiger partial charge in [0.1, 0.15) is 5.75 Å². The van der Waals surface area contributed by atoms with E-state index < -0.39 is 0 Å². The van der Waals surface area contributed by atoms with Crippen LogP contribution in [0.5, 0.6) is 5.75 Å². The van der Waals surface area contributed by atoms with Crippen molar-refractivity contribution in [1.82, 2.24) is 4.98 Å². The van der Waals surface area contributed by atoms with Gasteiger partial charge in [0.05, 0.1) is 12.8 Å². The Morgan fingerprint density at radius 3 is 2.89 bits per heavy atom. The van der Waals surface area contributed by atoms with Crippen LogP contribution in [0.3, 0.4) is 0 Å². The van der Waals surface area contributed by atoms with Gasteiger partial charge in [0, 0.05) is 16.1 Å². The topological polar surface area (TPSA) is 51.2 Å². The Bertz CT molecular complexity index is 583. The van der Waals surface area contributed by atoms with Crippen LogP contribution in [0.1, 0.15) is 15.5 Å². The molecule has 1 heterocycles. The molecular formula is C12H11ClN2O2S. The predicted octanol–water partition coefficient (Wildman–Crippen LogP) is 3.37. The van der Waals surface area contributed by atoms with Crippen LogP contribution in [0.2, 0.25) is 5.02 Å². The van der Waals surface area contributed by atoms with Gasteiger partial charge in [0.2, 0.25) is 0 Å². The van der Waals surface area contributed by atoms with Crippen molar-refractivity contribution in [3.05, 3.63) is 39.3 Å². The molecule has 0 saturated heterocycles. The molecule has 2 aromatic rings. The maximum atomic E-state index is 11.9. The minimum Gasteiger partial charge on any atom is -0.495 e. The number of ether oxygens (including phenoxy) is 1. The number of benzene rings is 1. The van der Waals surface area contributed by atoms with E-state index in [4.69, 9.17) is 16.3 Å². The average Bonchev–Trinajstić information content (AvgIpc) is 2.76. The molecule has 0 radical (unpaired) electrons. The highest BCUT2D eigenvalue weighted by Gasteiger charge is 2.13. The van der Waals surface area contributed by atoms with Crippen molar-refractivity contribution < 1.29 is 9.53 Å². The quantitative estimate of drug-likeness (QED) is 0.939. The Morgan fingerprint density at radius 1 is 1.50 bits per heavy atom. The van der Waals surface area contributed by atoms with Crippen molar-refractivity contribution in [2.45, 2.75) is 6.92 Å². The van der Waals surface area contributed by atoms with E-state index in [9.17, 15) is 4.79 Å². The first-order chi connectivity index (χ1) is 8.60. The lowest BCUT2D eigenvalue weighted by atomic mass is 10.3. The van der Waals surface area contributed by atoms with Crippen molar-refractivity contribution in [1.29, 1.82) is 0 Å². The van der Waals surface area contributed by atoms with Crippen molar-refractivity contribution in [3.8, 4) is 5.75 Å². The standard InChI is InChI=1S/C12H11ClN2O2S/c1-7-6-18-12(14-7)11(16)15-9-5-8(13)3-4-10(9)17-2/h3-6H,1-2H3,(H,15,16). The molecule has 0 aliphatic heterocycles. The summed E-state index contributed by atoms with van der Waals surface area (Å²) in [7, 11) is 1.53. The van der Waals surface area contributed by atoms with E-state index in [0.29, 0.717) is 21.5 Å². The molecular weight excluding hydrogens is 272 g/mol. The van der Waals surface area contributed by atoms with Gasteiger partial charge in [-0.1, -0.05) is 11.6 Å². The van der Waals surface area contributed by atoms with Crippen LogP contribution in [0.4, 0.5) is 5.69 Å². The van der Waals surface area contributed by atoms with Gasteiger partial charge < -0.3 is 10.1 Å². The third-order valence-corrected chi connectivity index (χ3v) is 3.42. The van der Waals surface area contributed by atoms with E-state index in [2.05, 4.69) is 10.3 Å². The summed E-state index contributed by atoms with van der Waals surface area (Å²) in [5.74, 6) is 0.287. The van der Waals surface area contributed by atoms with Gasteiger partial charge in [-0.05, 0) is 25.1 Å². The van der Waals surface area contributed by atoms with Gasteiger partial charge in [-0.3, -0.25) is 4.79 Å². The summed E-state index contributed by atoms with van der Waals surface area (Å²) < 4.78 is 5.15. The van der Waals surface area contributed by atoms with E-state index >= 15 is 0 Å². The summed E-state index contributed by atoms with van der Waals surface area (Å²) in [6, 6.07) is 5.04. The average molecular weight is 283 g/mol. The van der Waals surface area contributed by atoms with Gasteiger partial charge in [-0.15, -0.1) is 11.3 Å². The number of nitrogens with one attached hydrogen (secondary N) is 1. The summed E-state index contributed by atoms with van der Waals surface area (Å²) in [5.41, 5.74) is 1.35. The summed E-state index contributed by atoms with van der Waals surface area (Å²) in [5, 5.41) is 5.50. The molecule has 0 aliphatic carbocycles. The van der Waals surface area contributed by atoms with Gasteiger partial charge in [0.15, 0.2) is 5.01 Å². The van der Waals surface area contributed by atoms with Gasteiger partial charge in [-0.25, -0.2) is 4.98 Å². The molecule has 1 aromatic carbocycles. The maximum Gasteiger partial charge on any atom is 0.284 e. The lowest BCUT2D eigenvalue weighted by Crippen LogP contribution is -2.12. The van der Waals surface area contributed by atoms with Crippen molar-refractivity contribution in [2.75, 3.05) is 12.4 Å². The molecule has 4 nitrogen and oxygen atoms in total. The number of carbonyl (C=O) groups is 1. The highest BCUT2D eigenvalue weighted by atomic mass is 35.5. The summed E-state index contributed by atoms with van der Waals surface area (Å²) >= 11 is 7.19. The van der Waals surface area contributed by atoms with Gasteiger partial charge in [0.25, 0.3) is 5.91 Å². The molecule has 0 atom stereocenters. The number of methoxy groups -OCH3 is 1. The lowest BCUT2D eigenvalue weighted by Gasteiger charge is -2.09. The first-order valence-electron chi connectivity index (χ1n) is 5.17.